The Kier molecular flexibility index (Phi) is 3.59. The normalized spacial score (nSPS) is 10.4. The number of anilines is 1. The number of aromatic nitrogens is 2. The SMILES string of the molecule is Cc1ccc(Cl)cc1NC(=O)c1c(Cl)cnn1C. The van der Waals surface area contributed by atoms with Gasteiger partial charge in [-0.15, -0.1) is 0 Å². The van der Waals surface area contributed by atoms with Gasteiger partial charge in [-0.3, -0.25) is 9.48 Å². The van der Waals surface area contributed by atoms with Crippen molar-refractivity contribution in [3.8, 4) is 0 Å². The van der Waals surface area contributed by atoms with Gasteiger partial charge in [-0.1, -0.05) is 29.3 Å². The van der Waals surface area contributed by atoms with Gasteiger partial charge in [0.1, 0.15) is 5.69 Å². The molecule has 1 amide bonds. The number of amides is 1. The Balaban J connectivity index is 2.30. The van der Waals surface area contributed by atoms with E-state index in [1.165, 1.54) is 10.9 Å². The van der Waals surface area contributed by atoms with Crippen molar-refractivity contribution in [3.05, 3.63) is 45.7 Å². The highest BCUT2D eigenvalue weighted by molar-refractivity contribution is 6.34. The number of benzene rings is 1. The maximum Gasteiger partial charge on any atom is 0.275 e. The number of hydrogen-bond acceptors (Lipinski definition) is 2. The second kappa shape index (κ2) is 5.00. The van der Waals surface area contributed by atoms with Crippen LogP contribution in [0.4, 0.5) is 5.69 Å². The summed E-state index contributed by atoms with van der Waals surface area (Å²) in [7, 11) is 1.66. The van der Waals surface area contributed by atoms with Crippen molar-refractivity contribution in [3.63, 3.8) is 0 Å². The standard InChI is InChI=1S/C12H11Cl2N3O/c1-7-3-4-8(13)5-10(7)16-12(18)11-9(14)6-15-17(11)2/h3-6H,1-2H3,(H,16,18). The van der Waals surface area contributed by atoms with Crippen molar-refractivity contribution in [2.45, 2.75) is 6.92 Å². The fourth-order valence-electron chi connectivity index (χ4n) is 1.58. The number of hydrogen-bond donors (Lipinski definition) is 1. The summed E-state index contributed by atoms with van der Waals surface area (Å²) in [5.74, 6) is -0.314. The molecule has 6 heteroatoms. The van der Waals surface area contributed by atoms with Gasteiger partial charge in [-0.25, -0.2) is 0 Å². The fraction of sp³-hybridized carbons (Fsp3) is 0.167. The molecule has 1 heterocycles. The zero-order valence-electron chi connectivity index (χ0n) is 9.87. The summed E-state index contributed by atoms with van der Waals surface area (Å²) in [6.45, 7) is 1.89. The van der Waals surface area contributed by atoms with E-state index in [4.69, 9.17) is 23.2 Å². The van der Waals surface area contributed by atoms with Crippen LogP contribution in [0.15, 0.2) is 24.4 Å². The second-order valence-electron chi connectivity index (χ2n) is 3.88. The molecule has 0 unspecified atom stereocenters. The first-order valence-corrected chi connectivity index (χ1v) is 5.99. The van der Waals surface area contributed by atoms with Gasteiger partial charge in [0, 0.05) is 17.8 Å². The predicted octanol–water partition coefficient (Wildman–Crippen LogP) is 3.29. The Bertz CT molecular complexity index is 588. The molecule has 2 rings (SSSR count). The quantitative estimate of drug-likeness (QED) is 0.919. The van der Waals surface area contributed by atoms with Crippen LogP contribution in [0.2, 0.25) is 10.0 Å². The first-order valence-electron chi connectivity index (χ1n) is 5.24. The first-order chi connectivity index (χ1) is 8.49. The van der Waals surface area contributed by atoms with Gasteiger partial charge in [-0.05, 0) is 24.6 Å². The predicted molar refractivity (Wildman–Crippen MR) is 72.4 cm³/mol. The molecule has 0 bridgehead atoms. The highest BCUT2D eigenvalue weighted by Crippen LogP contribution is 2.22. The lowest BCUT2D eigenvalue weighted by molar-refractivity contribution is 0.101. The topological polar surface area (TPSA) is 46.9 Å². The Morgan fingerprint density at radius 2 is 2.11 bits per heavy atom. The van der Waals surface area contributed by atoms with Crippen LogP contribution in [0.5, 0.6) is 0 Å². The molecule has 18 heavy (non-hydrogen) atoms. The minimum Gasteiger partial charge on any atom is -0.320 e. The summed E-state index contributed by atoms with van der Waals surface area (Å²) < 4.78 is 1.43. The maximum atomic E-state index is 12.1. The summed E-state index contributed by atoms with van der Waals surface area (Å²) in [5, 5.41) is 7.56. The smallest absolute Gasteiger partial charge is 0.275 e. The third-order valence-electron chi connectivity index (χ3n) is 2.56. The van der Waals surface area contributed by atoms with E-state index >= 15 is 0 Å². The van der Waals surface area contributed by atoms with E-state index in [1.54, 1.807) is 19.2 Å². The molecule has 0 radical (unpaired) electrons. The Hall–Kier alpha value is -1.52. The molecule has 0 spiro atoms. The molecule has 0 aliphatic carbocycles. The van der Waals surface area contributed by atoms with Gasteiger partial charge in [0.15, 0.2) is 0 Å². The highest BCUT2D eigenvalue weighted by atomic mass is 35.5. The van der Waals surface area contributed by atoms with E-state index in [0.717, 1.165) is 5.56 Å². The van der Waals surface area contributed by atoms with Crippen LogP contribution < -0.4 is 5.32 Å². The molecule has 94 valence electrons. The van der Waals surface area contributed by atoms with Crippen LogP contribution >= 0.6 is 23.2 Å². The van der Waals surface area contributed by atoms with Crippen molar-refractivity contribution >= 4 is 34.8 Å². The molecule has 0 atom stereocenters. The average molecular weight is 284 g/mol. The number of halogens is 2. The van der Waals surface area contributed by atoms with E-state index in [9.17, 15) is 4.79 Å². The number of carbonyl (C=O) groups excluding carboxylic acids is 1. The van der Waals surface area contributed by atoms with Crippen LogP contribution in [0, 0.1) is 6.92 Å². The summed E-state index contributed by atoms with van der Waals surface area (Å²) in [5.41, 5.74) is 1.90. The molecule has 0 aliphatic heterocycles. The molecule has 0 fully saturated rings. The molecule has 1 N–H and O–H groups in total. The van der Waals surface area contributed by atoms with Crippen LogP contribution in [0.1, 0.15) is 16.1 Å². The van der Waals surface area contributed by atoms with Gasteiger partial charge in [-0.2, -0.15) is 5.10 Å². The van der Waals surface area contributed by atoms with Crippen LogP contribution in [-0.2, 0) is 7.05 Å². The second-order valence-corrected chi connectivity index (χ2v) is 4.72. The molecule has 2 aromatic rings. The van der Waals surface area contributed by atoms with E-state index in [2.05, 4.69) is 10.4 Å². The Morgan fingerprint density at radius 1 is 1.39 bits per heavy atom. The summed E-state index contributed by atoms with van der Waals surface area (Å²) in [6, 6.07) is 5.30. The number of nitrogens with one attached hydrogen (secondary N) is 1. The lowest BCUT2D eigenvalue weighted by atomic mass is 10.2. The van der Waals surface area contributed by atoms with E-state index in [1.807, 2.05) is 13.0 Å². The third kappa shape index (κ3) is 2.49. The number of rotatable bonds is 2. The minimum absolute atomic E-state index is 0.314. The molecular formula is C12H11Cl2N3O. The average Bonchev–Trinajstić information content (AvgIpc) is 2.63. The molecule has 0 aliphatic rings. The van der Waals surface area contributed by atoms with Crippen molar-refractivity contribution < 1.29 is 4.79 Å². The molecule has 4 nitrogen and oxygen atoms in total. The molecule has 1 aromatic carbocycles. The third-order valence-corrected chi connectivity index (χ3v) is 3.07. The minimum atomic E-state index is -0.314. The van der Waals surface area contributed by atoms with E-state index in [-0.39, 0.29) is 5.91 Å². The Labute approximate surface area is 115 Å². The molecule has 0 saturated heterocycles. The number of nitrogens with zero attached hydrogens (tertiary/aromatic N) is 2. The monoisotopic (exact) mass is 283 g/mol. The van der Waals surface area contributed by atoms with Gasteiger partial charge in [0.2, 0.25) is 0 Å². The van der Waals surface area contributed by atoms with Crippen LogP contribution in [0.3, 0.4) is 0 Å². The molecule has 0 saturated carbocycles. The van der Waals surface area contributed by atoms with Crippen molar-refractivity contribution in [1.82, 2.24) is 9.78 Å². The summed E-state index contributed by atoms with van der Waals surface area (Å²) >= 11 is 11.8. The van der Waals surface area contributed by atoms with Crippen molar-refractivity contribution in [2.75, 3.05) is 5.32 Å². The largest absolute Gasteiger partial charge is 0.320 e. The molecule has 1 aromatic heterocycles. The highest BCUT2D eigenvalue weighted by Gasteiger charge is 2.16. The van der Waals surface area contributed by atoms with Gasteiger partial charge >= 0.3 is 0 Å². The molecular weight excluding hydrogens is 273 g/mol. The lowest BCUT2D eigenvalue weighted by Crippen LogP contribution is -2.17. The zero-order chi connectivity index (χ0) is 13.3. The van der Waals surface area contributed by atoms with E-state index in [0.29, 0.717) is 21.4 Å². The zero-order valence-corrected chi connectivity index (χ0v) is 11.4. The fourth-order valence-corrected chi connectivity index (χ4v) is 2.00. The first kappa shape index (κ1) is 12.9. The van der Waals surface area contributed by atoms with Gasteiger partial charge in [0.05, 0.1) is 11.2 Å². The maximum absolute atomic E-state index is 12.1. The van der Waals surface area contributed by atoms with Gasteiger partial charge in [0.25, 0.3) is 5.91 Å². The Morgan fingerprint density at radius 3 is 2.72 bits per heavy atom. The summed E-state index contributed by atoms with van der Waals surface area (Å²) in [6.07, 6.45) is 1.43. The van der Waals surface area contributed by atoms with Gasteiger partial charge < -0.3 is 5.32 Å². The summed E-state index contributed by atoms with van der Waals surface area (Å²) in [4.78, 5) is 12.1. The van der Waals surface area contributed by atoms with Crippen LogP contribution in [0.25, 0.3) is 0 Å². The number of carbonyl (C=O) groups is 1. The van der Waals surface area contributed by atoms with Crippen LogP contribution in [-0.4, -0.2) is 15.7 Å². The van der Waals surface area contributed by atoms with Crippen molar-refractivity contribution in [2.24, 2.45) is 7.05 Å². The van der Waals surface area contributed by atoms with Crippen molar-refractivity contribution in [1.29, 1.82) is 0 Å². The van der Waals surface area contributed by atoms with E-state index < -0.39 is 0 Å². The lowest BCUT2D eigenvalue weighted by Gasteiger charge is -2.09. The number of aryl methyl sites for hydroxylation is 2.